The third-order valence-corrected chi connectivity index (χ3v) is 26.9. The van der Waals surface area contributed by atoms with Gasteiger partial charge in [-0.2, -0.15) is 5.10 Å². The quantitative estimate of drug-likeness (QED) is 0.00523. The summed E-state index contributed by atoms with van der Waals surface area (Å²) < 4.78 is 79.8. The van der Waals surface area contributed by atoms with Gasteiger partial charge in [0.05, 0.1) is 100 Å². The molecule has 2 aliphatic heterocycles. The highest BCUT2D eigenvalue weighted by atomic mass is 32.1. The summed E-state index contributed by atoms with van der Waals surface area (Å²) in [5.74, 6) is 6.32. The molecule has 3 aliphatic rings. The summed E-state index contributed by atoms with van der Waals surface area (Å²) in [7, 11) is 0. The highest BCUT2D eigenvalue weighted by Crippen LogP contribution is 2.40. The number of nitrogens with zero attached hydrogens (tertiary/aromatic N) is 4. The van der Waals surface area contributed by atoms with Crippen LogP contribution < -0.4 is 34.3 Å². The second-order valence-electron chi connectivity index (χ2n) is 36.1. The molecule has 2 aromatic heterocycles. The number of hydrogen-bond acceptors (Lipinski definition) is 24. The molecule has 0 radical (unpaired) electrons. The molecule has 2 saturated heterocycles. The molecule has 4 N–H and O–H groups in total. The molecular formula is C123H125FN8O16S2. The number of carbonyl (C=O) groups is 5. The van der Waals surface area contributed by atoms with Crippen LogP contribution in [0.2, 0.25) is 0 Å². The van der Waals surface area contributed by atoms with Gasteiger partial charge in [0.15, 0.2) is 21.8 Å². The number of aryl methyl sites for hydroxylation is 1. The van der Waals surface area contributed by atoms with Crippen molar-refractivity contribution in [2.75, 3.05) is 96.5 Å². The maximum absolute atomic E-state index is 16.9. The first-order valence-electron chi connectivity index (χ1n) is 50.3. The minimum atomic E-state index is -0.827. The van der Waals surface area contributed by atoms with Crippen molar-refractivity contribution in [2.45, 2.75) is 124 Å². The van der Waals surface area contributed by atoms with E-state index < -0.39 is 23.7 Å². The van der Waals surface area contributed by atoms with Crippen LogP contribution in [0.3, 0.4) is 0 Å². The summed E-state index contributed by atoms with van der Waals surface area (Å²) >= 11 is 2.81. The SMILES string of the molecule is C#CC#Cc1c(CCOCCCCCCOCC2(CC)COC2)cc(/C=N/N=C2c3ccccc3-c3ccccc32)c(OC(=O)c2ccc(OCCCCCCOCC3(CC)COC3)c(C)c2)c1F.C=CC(=O)Nc1nc(-c2ccc3ccccc3c2)cs1.C=CC(=O)Nc1nc(-c2ccc3ccccc3c2)cs1.C=CC(=O)OCCCCCCOc1ccc(C(=O)Oc2c(C=N)cc(COc3ccc(C=C)cc3)cc2C=N)cc1. The molecule has 150 heavy (non-hydrogen) atoms. The van der Waals surface area contributed by atoms with Crippen molar-refractivity contribution >= 4 is 115 Å². The Kier molecular flexibility index (Phi) is 43.4. The molecule has 0 spiro atoms. The van der Waals surface area contributed by atoms with Crippen molar-refractivity contribution in [2.24, 2.45) is 21.0 Å². The van der Waals surface area contributed by atoms with Gasteiger partial charge in [0, 0.05) is 98.9 Å². The molecule has 24 nitrogen and oxygen atoms in total. The van der Waals surface area contributed by atoms with Gasteiger partial charge in [0.25, 0.3) is 0 Å². The minimum absolute atomic E-state index is 0.0286. The van der Waals surface area contributed by atoms with Crippen LogP contribution in [0.4, 0.5) is 14.7 Å². The lowest BCUT2D eigenvalue weighted by molar-refractivity contribution is -0.150. The molecule has 4 heterocycles. The highest BCUT2D eigenvalue weighted by molar-refractivity contribution is 7.14. The number of benzene rings is 11. The Balaban J connectivity index is 0.000000192. The normalized spacial score (nSPS) is 12.5. The smallest absolute Gasteiger partial charge is 0.343 e. The summed E-state index contributed by atoms with van der Waals surface area (Å²) in [6.45, 7) is 28.9. The van der Waals surface area contributed by atoms with Crippen LogP contribution in [0.5, 0.6) is 28.7 Å². The van der Waals surface area contributed by atoms with E-state index >= 15 is 4.39 Å². The Labute approximate surface area is 884 Å². The number of thiazole rings is 2. The fourth-order valence-corrected chi connectivity index (χ4v) is 17.9. The first-order valence-corrected chi connectivity index (χ1v) is 52.0. The molecule has 27 heteroatoms. The predicted molar refractivity (Wildman–Crippen MR) is 596 cm³/mol. The van der Waals surface area contributed by atoms with Crippen molar-refractivity contribution in [1.29, 1.82) is 10.8 Å². The minimum Gasteiger partial charge on any atom is -0.494 e. The first-order chi connectivity index (χ1) is 73.3. The number of hydrogen-bond donors (Lipinski definition) is 4. The van der Waals surface area contributed by atoms with Crippen LogP contribution in [0.1, 0.15) is 180 Å². The average Bonchev–Trinajstić information content (AvgIpc) is 1.61. The Hall–Kier alpha value is -15.6. The maximum Gasteiger partial charge on any atom is 0.343 e. The van der Waals surface area contributed by atoms with Crippen LogP contribution >= 0.6 is 22.7 Å². The highest BCUT2D eigenvalue weighted by Gasteiger charge is 2.38. The van der Waals surface area contributed by atoms with E-state index in [9.17, 15) is 24.0 Å². The number of ether oxygens (including phenoxy) is 11. The van der Waals surface area contributed by atoms with E-state index in [0.717, 1.165) is 223 Å². The van der Waals surface area contributed by atoms with Gasteiger partial charge in [-0.3, -0.25) is 20.2 Å². The van der Waals surface area contributed by atoms with Crippen molar-refractivity contribution in [1.82, 2.24) is 9.97 Å². The van der Waals surface area contributed by atoms with Gasteiger partial charge in [-0.05, 0) is 254 Å². The fraction of sp³-hybridized carbons (Fsp3) is 0.276. The summed E-state index contributed by atoms with van der Waals surface area (Å²) in [6.07, 6.45) is 28.4. The number of fused-ring (bicyclic) bond motifs is 5. The zero-order chi connectivity index (χ0) is 106. The van der Waals surface area contributed by atoms with Crippen LogP contribution in [-0.4, -0.2) is 150 Å². The summed E-state index contributed by atoms with van der Waals surface area (Å²) in [5.41, 5.74) is 13.4. The lowest BCUT2D eigenvalue weighted by Crippen LogP contribution is -2.45. The number of unbranched alkanes of at least 4 members (excludes halogenated alkanes) is 9. The monoisotopic (exact) mass is 2050 g/mol. The average molecular weight is 2050 g/mol. The Morgan fingerprint density at radius 3 is 1.49 bits per heavy atom. The van der Waals surface area contributed by atoms with E-state index in [-0.39, 0.29) is 57.4 Å². The van der Waals surface area contributed by atoms with E-state index in [1.165, 1.54) is 62.6 Å². The van der Waals surface area contributed by atoms with Gasteiger partial charge < -0.3 is 62.9 Å². The van der Waals surface area contributed by atoms with Crippen molar-refractivity contribution in [3.63, 3.8) is 0 Å². The van der Waals surface area contributed by atoms with Gasteiger partial charge in [0.1, 0.15) is 35.3 Å². The van der Waals surface area contributed by atoms with E-state index in [0.29, 0.717) is 94.9 Å². The fourth-order valence-electron chi connectivity index (χ4n) is 16.5. The summed E-state index contributed by atoms with van der Waals surface area (Å²) in [5, 5.41) is 39.9. The molecule has 1 aliphatic carbocycles. The maximum atomic E-state index is 16.9. The Morgan fingerprint density at radius 2 is 0.987 bits per heavy atom. The molecule has 772 valence electrons. The second-order valence-corrected chi connectivity index (χ2v) is 37.8. The molecule has 0 unspecified atom stereocenters. The van der Waals surface area contributed by atoms with E-state index in [1.807, 2.05) is 115 Å². The molecule has 13 aromatic rings. The lowest BCUT2D eigenvalue weighted by atomic mass is 9.84. The van der Waals surface area contributed by atoms with E-state index in [1.54, 1.807) is 66.7 Å². The van der Waals surface area contributed by atoms with Crippen LogP contribution in [0.15, 0.2) is 284 Å². The van der Waals surface area contributed by atoms with Gasteiger partial charge in [-0.1, -0.05) is 199 Å². The van der Waals surface area contributed by atoms with Crippen molar-refractivity contribution in [3.8, 4) is 86.6 Å². The molecular weight excluding hydrogens is 1930 g/mol. The number of anilines is 2. The Bertz CT molecular complexity index is 6820. The van der Waals surface area contributed by atoms with Gasteiger partial charge in [-0.15, -0.1) is 34.2 Å². The molecule has 0 saturated carbocycles. The molecule has 11 aromatic carbocycles. The number of halogens is 1. The van der Waals surface area contributed by atoms with Crippen LogP contribution in [0, 0.1) is 58.6 Å². The zero-order valence-corrected chi connectivity index (χ0v) is 86.5. The number of nitrogens with one attached hydrogen (secondary N) is 4. The third-order valence-electron chi connectivity index (χ3n) is 25.4. The second kappa shape index (κ2) is 58.3. The van der Waals surface area contributed by atoms with E-state index in [2.05, 4.69) is 149 Å². The number of esters is 3. The summed E-state index contributed by atoms with van der Waals surface area (Å²) in [4.78, 5) is 69.0. The number of rotatable bonds is 51. The van der Waals surface area contributed by atoms with E-state index in [4.69, 9.17) is 69.3 Å². The number of amides is 2. The van der Waals surface area contributed by atoms with Crippen LogP contribution in [0.25, 0.3) is 61.3 Å². The predicted octanol–water partition coefficient (Wildman–Crippen LogP) is 26.1. The van der Waals surface area contributed by atoms with Gasteiger partial charge in [-0.25, -0.2) is 28.7 Å². The van der Waals surface area contributed by atoms with Gasteiger partial charge in [0.2, 0.25) is 11.8 Å². The van der Waals surface area contributed by atoms with Crippen molar-refractivity contribution < 1.29 is 80.5 Å². The molecule has 0 atom stereocenters. The van der Waals surface area contributed by atoms with Crippen LogP contribution in [-0.2, 0) is 55.8 Å². The number of terminal acetylenes is 1. The Morgan fingerprint density at radius 1 is 0.507 bits per heavy atom. The van der Waals surface area contributed by atoms with Gasteiger partial charge >= 0.3 is 17.9 Å². The lowest BCUT2D eigenvalue weighted by Gasteiger charge is -2.40. The topological polar surface area (TPSA) is 309 Å². The van der Waals surface area contributed by atoms with Crippen molar-refractivity contribution in [3.05, 3.63) is 346 Å². The summed E-state index contributed by atoms with van der Waals surface area (Å²) in [6, 6.07) is 69.1. The zero-order valence-electron chi connectivity index (χ0n) is 84.9. The molecule has 0 bridgehead atoms. The molecule has 16 rings (SSSR count). The first kappa shape index (κ1) is 112. The number of aromatic nitrogens is 2. The molecule has 2 amide bonds. The number of carbonyl (C=O) groups excluding carboxylic acids is 5. The standard InChI is InChI=1S/C58H67FN2O8.C33H34N2O6.2C16H12N2OS/c1-5-8-21-47-44(28-33-63-29-17-9-10-18-30-64-37-57(6-2)39-66-40-57)35-46(36-60-61-54-50-24-15-13-22-48(50)49-23-14-16-25-51(49)54)55(53(47)59)69-56(62)45-26-27-52(43(4)34-45)68-32-20-12-11-19-31-65-38-58(7-3)41-67-42-58;1-3-24-9-13-30(14-10-24)40-23-25-19-27(21-34)32(28(20-25)22-35)41-33(37)26-11-15-29(16-12-26)38-17-7-5-6-8-18-39-31(36)4-2;2*1-2-15(19)18-16-17-14(10-20-16)13-8-7-11-5-3-4-6-12(11)9-13/h1,13-16,22-27,34-36H,6-7,9-12,17-20,28-33,37-42H2,2-4H3;3-4,9-16,19-22,34-35H,1-2,5-8,17-18,23H2;2*2-10H,1H2,(H,17,18,19)/b60-36+;;;. The largest absolute Gasteiger partial charge is 0.494 e. The third kappa shape index (κ3) is 32.5. The molecule has 2 fully saturated rings.